The number of hydrogen-bond donors (Lipinski definition) is 0. The summed E-state index contributed by atoms with van der Waals surface area (Å²) in [5.41, 5.74) is -0.0544. The largest absolute Gasteiger partial charge is 0.459 e. The lowest BCUT2D eigenvalue weighted by Gasteiger charge is -2.24. The second-order valence-corrected chi connectivity index (χ2v) is 9.83. The van der Waals surface area contributed by atoms with Gasteiger partial charge in [-0.25, -0.2) is 14.4 Å². The molecule has 2 heterocycles. The molecule has 1 aliphatic rings. The maximum absolute atomic E-state index is 13.2. The van der Waals surface area contributed by atoms with Crippen LogP contribution in [0.5, 0.6) is 0 Å². The molecule has 0 aliphatic carbocycles. The predicted molar refractivity (Wildman–Crippen MR) is 150 cm³/mol. The summed E-state index contributed by atoms with van der Waals surface area (Å²) in [7, 11) is 0. The minimum absolute atomic E-state index is 0.103. The summed E-state index contributed by atoms with van der Waals surface area (Å²) >= 11 is 12.1. The van der Waals surface area contributed by atoms with E-state index in [0.29, 0.717) is 0 Å². The average Bonchev–Trinajstić information content (AvgIpc) is 3.34. The van der Waals surface area contributed by atoms with Crippen LogP contribution in [0.3, 0.4) is 0 Å². The fourth-order valence-electron chi connectivity index (χ4n) is 4.26. The van der Waals surface area contributed by atoms with Gasteiger partial charge in [0.05, 0.1) is 21.7 Å². The van der Waals surface area contributed by atoms with E-state index in [-0.39, 0.29) is 26.9 Å². The molecule has 1 saturated heterocycles. The van der Waals surface area contributed by atoms with Gasteiger partial charge in [-0.05, 0) is 36.4 Å². The number of benzene rings is 3. The highest BCUT2D eigenvalue weighted by atomic mass is 35.5. The third-order valence-electron chi connectivity index (χ3n) is 6.29. The van der Waals surface area contributed by atoms with Gasteiger partial charge in [-0.2, -0.15) is 9.78 Å². The molecule has 0 spiro atoms. The number of carbonyl (C=O) groups is 3. The minimum Gasteiger partial charge on any atom is -0.459 e. The Hall–Kier alpha value is -4.51. The summed E-state index contributed by atoms with van der Waals surface area (Å²) in [5.74, 6) is -2.22. The number of esters is 3. The second kappa shape index (κ2) is 13.0. The molecule has 0 bridgehead atoms. The van der Waals surface area contributed by atoms with Gasteiger partial charge >= 0.3 is 17.9 Å². The SMILES string of the molecule is O=C(OC[C@H]1O[C@@H](n2nc(Cl)c(Cl)cc2=O)[C@H](OC(=O)c2ccccc2)[C@@H]1OC(=O)c1ccccc1)c1ccccc1. The zero-order valence-corrected chi connectivity index (χ0v) is 23.2. The van der Waals surface area contributed by atoms with Crippen LogP contribution in [0.1, 0.15) is 37.3 Å². The third kappa shape index (κ3) is 6.52. The molecule has 0 saturated carbocycles. The standard InChI is InChI=1S/C30H22Cl2N2O8/c31-21-16-23(35)34(33-26(21)32)27-25(42-30(38)20-14-8-3-9-15-20)24(41-29(37)19-12-6-2-7-13-19)22(40-27)17-39-28(36)18-10-4-1-5-11-18/h1-16,22,24-25,27H,17H2/t22-,24-,25-,27-/m1/s1. The Balaban J connectivity index is 1.51. The Labute approximate surface area is 249 Å². The van der Waals surface area contributed by atoms with E-state index >= 15 is 0 Å². The van der Waals surface area contributed by atoms with E-state index in [9.17, 15) is 19.2 Å². The van der Waals surface area contributed by atoms with Gasteiger partial charge in [0.1, 0.15) is 12.7 Å². The molecule has 5 rings (SSSR count). The highest BCUT2D eigenvalue weighted by Gasteiger charge is 2.52. The molecular weight excluding hydrogens is 587 g/mol. The first kappa shape index (κ1) is 29.0. The van der Waals surface area contributed by atoms with E-state index in [4.69, 9.17) is 42.1 Å². The van der Waals surface area contributed by atoms with Crippen molar-refractivity contribution in [2.45, 2.75) is 24.5 Å². The minimum atomic E-state index is -1.44. The molecule has 10 nitrogen and oxygen atoms in total. The Morgan fingerprint density at radius 1 is 0.738 bits per heavy atom. The number of aromatic nitrogens is 2. The summed E-state index contributed by atoms with van der Waals surface area (Å²) < 4.78 is 24.0. The molecule has 4 atom stereocenters. The summed E-state index contributed by atoms with van der Waals surface area (Å²) in [6, 6.07) is 25.4. The van der Waals surface area contributed by atoms with Crippen molar-refractivity contribution in [1.82, 2.24) is 9.78 Å². The number of hydrogen-bond acceptors (Lipinski definition) is 9. The zero-order valence-electron chi connectivity index (χ0n) is 21.7. The van der Waals surface area contributed by atoms with E-state index in [2.05, 4.69) is 5.10 Å². The van der Waals surface area contributed by atoms with Crippen LogP contribution in [0.2, 0.25) is 10.2 Å². The van der Waals surface area contributed by atoms with Gasteiger partial charge in [0.2, 0.25) is 0 Å². The topological polar surface area (TPSA) is 123 Å². The van der Waals surface area contributed by atoms with Gasteiger partial charge in [0, 0.05) is 6.07 Å². The predicted octanol–water partition coefficient (Wildman–Crippen LogP) is 4.76. The molecular formula is C30H22Cl2N2O8. The number of rotatable bonds is 8. The van der Waals surface area contributed by atoms with Crippen LogP contribution in [-0.2, 0) is 18.9 Å². The molecule has 3 aromatic carbocycles. The van der Waals surface area contributed by atoms with Crippen LogP contribution < -0.4 is 5.56 Å². The van der Waals surface area contributed by atoms with Crippen molar-refractivity contribution >= 4 is 41.1 Å². The number of nitrogens with zero attached hydrogens (tertiary/aromatic N) is 2. The van der Waals surface area contributed by atoms with Gasteiger partial charge in [-0.1, -0.05) is 77.8 Å². The first-order chi connectivity index (χ1) is 20.3. The molecule has 0 radical (unpaired) electrons. The van der Waals surface area contributed by atoms with E-state index in [1.807, 2.05) is 0 Å². The van der Waals surface area contributed by atoms with Crippen molar-refractivity contribution in [2.24, 2.45) is 0 Å². The average molecular weight is 609 g/mol. The van der Waals surface area contributed by atoms with Gasteiger partial charge in [-0.3, -0.25) is 4.79 Å². The third-order valence-corrected chi connectivity index (χ3v) is 6.95. The monoisotopic (exact) mass is 608 g/mol. The lowest BCUT2D eigenvalue weighted by molar-refractivity contribution is -0.0692. The Morgan fingerprint density at radius 3 is 1.74 bits per heavy atom. The lowest BCUT2D eigenvalue weighted by atomic mass is 10.1. The van der Waals surface area contributed by atoms with Crippen molar-refractivity contribution in [3.05, 3.63) is 134 Å². The van der Waals surface area contributed by atoms with Gasteiger partial charge in [0.25, 0.3) is 5.56 Å². The van der Waals surface area contributed by atoms with Gasteiger partial charge in [0.15, 0.2) is 23.6 Å². The van der Waals surface area contributed by atoms with Crippen molar-refractivity contribution in [2.75, 3.05) is 6.61 Å². The fraction of sp³-hybridized carbons (Fsp3) is 0.167. The Morgan fingerprint density at radius 2 is 1.21 bits per heavy atom. The normalized spacial score (nSPS) is 19.6. The molecule has 0 unspecified atom stereocenters. The van der Waals surface area contributed by atoms with Crippen LogP contribution in [0, 0.1) is 0 Å². The van der Waals surface area contributed by atoms with Gasteiger partial charge < -0.3 is 18.9 Å². The summed E-state index contributed by atoms with van der Waals surface area (Å²) in [5, 5.41) is 3.69. The van der Waals surface area contributed by atoms with Crippen LogP contribution in [-0.4, -0.2) is 52.6 Å². The van der Waals surface area contributed by atoms with E-state index in [1.165, 1.54) is 24.3 Å². The smallest absolute Gasteiger partial charge is 0.338 e. The molecule has 1 aromatic heterocycles. The molecule has 214 valence electrons. The Bertz CT molecular complexity index is 1630. The molecule has 1 fully saturated rings. The van der Waals surface area contributed by atoms with Crippen LogP contribution in [0.4, 0.5) is 0 Å². The van der Waals surface area contributed by atoms with Crippen LogP contribution in [0.15, 0.2) is 102 Å². The van der Waals surface area contributed by atoms with Crippen LogP contribution in [0.25, 0.3) is 0 Å². The van der Waals surface area contributed by atoms with Crippen molar-refractivity contribution in [3.8, 4) is 0 Å². The lowest BCUT2D eigenvalue weighted by Crippen LogP contribution is -2.42. The zero-order chi connectivity index (χ0) is 29.6. The second-order valence-electron chi connectivity index (χ2n) is 9.07. The summed E-state index contributed by atoms with van der Waals surface area (Å²) in [6.45, 7) is -0.424. The summed E-state index contributed by atoms with van der Waals surface area (Å²) in [4.78, 5) is 52.0. The maximum Gasteiger partial charge on any atom is 0.338 e. The number of halogens is 2. The van der Waals surface area contributed by atoms with Crippen LogP contribution >= 0.6 is 23.2 Å². The molecule has 0 N–H and O–H groups in total. The summed E-state index contributed by atoms with van der Waals surface area (Å²) in [6.07, 6.45) is -5.39. The highest BCUT2D eigenvalue weighted by Crippen LogP contribution is 2.35. The van der Waals surface area contributed by atoms with Crippen molar-refractivity contribution < 1.29 is 33.3 Å². The van der Waals surface area contributed by atoms with E-state index < -0.39 is 54.6 Å². The number of ether oxygens (including phenoxy) is 4. The van der Waals surface area contributed by atoms with Gasteiger partial charge in [-0.15, -0.1) is 0 Å². The number of carbonyl (C=O) groups excluding carboxylic acids is 3. The first-order valence-corrected chi connectivity index (χ1v) is 13.4. The molecule has 12 heteroatoms. The van der Waals surface area contributed by atoms with Crippen molar-refractivity contribution in [3.63, 3.8) is 0 Å². The quantitative estimate of drug-likeness (QED) is 0.206. The van der Waals surface area contributed by atoms with E-state index in [0.717, 1.165) is 10.7 Å². The highest BCUT2D eigenvalue weighted by molar-refractivity contribution is 6.41. The first-order valence-electron chi connectivity index (χ1n) is 12.7. The molecule has 4 aromatic rings. The molecule has 0 amide bonds. The molecule has 1 aliphatic heterocycles. The Kier molecular flexibility index (Phi) is 8.97. The molecule has 42 heavy (non-hydrogen) atoms. The van der Waals surface area contributed by atoms with E-state index in [1.54, 1.807) is 66.7 Å². The fourth-order valence-corrected chi connectivity index (χ4v) is 4.53. The van der Waals surface area contributed by atoms with Crippen molar-refractivity contribution in [1.29, 1.82) is 0 Å². The maximum atomic E-state index is 13.2.